The predicted octanol–water partition coefficient (Wildman–Crippen LogP) is 1.33. The summed E-state index contributed by atoms with van der Waals surface area (Å²) in [6, 6.07) is 3.06. The van der Waals surface area contributed by atoms with Crippen molar-refractivity contribution in [1.29, 1.82) is 0 Å². The van der Waals surface area contributed by atoms with Crippen molar-refractivity contribution in [2.24, 2.45) is 0 Å². The molecule has 0 N–H and O–H groups in total. The number of sulfonamides is 1. The zero-order chi connectivity index (χ0) is 13.2. The molecule has 0 radical (unpaired) electrons. The van der Waals surface area contributed by atoms with Gasteiger partial charge in [-0.2, -0.15) is 21.0 Å². The number of carbonyl (C=O) groups is 1. The van der Waals surface area contributed by atoms with E-state index in [-0.39, 0.29) is 17.1 Å². The monoisotopic (exact) mass is 286 g/mol. The van der Waals surface area contributed by atoms with E-state index in [4.69, 9.17) is 0 Å². The molecule has 98 valence electrons. The number of hydrogen-bond donors (Lipinski definition) is 1. The molecule has 2 rings (SSSR count). The lowest BCUT2D eigenvalue weighted by molar-refractivity contribution is 0.0869. The van der Waals surface area contributed by atoms with Gasteiger partial charge < -0.3 is 0 Å². The van der Waals surface area contributed by atoms with Gasteiger partial charge in [0.25, 0.3) is 15.9 Å². The van der Waals surface area contributed by atoms with Crippen molar-refractivity contribution in [3.8, 4) is 0 Å². The van der Waals surface area contributed by atoms with Crippen LogP contribution >= 0.6 is 12.6 Å². The highest BCUT2D eigenvalue weighted by atomic mass is 32.2. The maximum Gasteiger partial charge on any atom is 0.285 e. The summed E-state index contributed by atoms with van der Waals surface area (Å²) in [6.45, 7) is 0.214. The van der Waals surface area contributed by atoms with Gasteiger partial charge in [0.2, 0.25) is 0 Å². The Hall–Kier alpha value is -1.08. The number of aromatic nitrogens is 1. The van der Waals surface area contributed by atoms with Crippen LogP contribution in [-0.4, -0.2) is 35.9 Å². The molecule has 0 saturated carbocycles. The van der Waals surface area contributed by atoms with E-state index in [1.54, 1.807) is 6.07 Å². The summed E-state index contributed by atoms with van der Waals surface area (Å²) in [5, 5.41) is -0.121. The second kappa shape index (κ2) is 5.27. The van der Waals surface area contributed by atoms with Gasteiger partial charge in [0.15, 0.2) is 5.03 Å². The van der Waals surface area contributed by atoms with Gasteiger partial charge in [0.05, 0.1) is 5.56 Å². The van der Waals surface area contributed by atoms with E-state index in [0.29, 0.717) is 6.42 Å². The zero-order valence-corrected chi connectivity index (χ0v) is 11.5. The van der Waals surface area contributed by atoms with Crippen LogP contribution in [0.3, 0.4) is 0 Å². The third-order valence-electron chi connectivity index (χ3n) is 2.78. The van der Waals surface area contributed by atoms with Crippen molar-refractivity contribution < 1.29 is 13.2 Å². The quantitative estimate of drug-likeness (QED) is 0.655. The number of carbonyl (C=O) groups excluding carboxylic acids is 1. The molecule has 0 saturated heterocycles. The Balaban J connectivity index is 2.18. The molecular weight excluding hydrogens is 272 g/mol. The van der Waals surface area contributed by atoms with Gasteiger partial charge >= 0.3 is 0 Å². The van der Waals surface area contributed by atoms with Crippen LogP contribution in [0.15, 0.2) is 23.4 Å². The molecule has 0 aromatic carbocycles. The Morgan fingerprint density at radius 2 is 2.06 bits per heavy atom. The summed E-state index contributed by atoms with van der Waals surface area (Å²) >= 11 is 4.09. The maximum atomic E-state index is 12.1. The average Bonchev–Trinajstić information content (AvgIpc) is 2.55. The third kappa shape index (κ3) is 2.24. The maximum absolute atomic E-state index is 12.1. The summed E-state index contributed by atoms with van der Waals surface area (Å²) < 4.78 is 25.1. The van der Waals surface area contributed by atoms with Crippen LogP contribution in [0.2, 0.25) is 0 Å². The summed E-state index contributed by atoms with van der Waals surface area (Å²) in [6.07, 6.45) is 3.80. The highest BCUT2D eigenvalue weighted by molar-refractivity contribution is 7.90. The first-order chi connectivity index (χ1) is 8.59. The molecular formula is C11H14N2O3S2. The third-order valence-corrected chi connectivity index (χ3v) is 4.84. The molecule has 1 aromatic rings. The van der Waals surface area contributed by atoms with Crippen LogP contribution in [0.25, 0.3) is 0 Å². The lowest BCUT2D eigenvalue weighted by Gasteiger charge is -2.13. The number of nitrogens with zero attached hydrogens (tertiary/aromatic N) is 2. The summed E-state index contributed by atoms with van der Waals surface area (Å²) in [5.41, 5.74) is 0.173. The van der Waals surface area contributed by atoms with Crippen LogP contribution in [0.5, 0.6) is 0 Å². The molecule has 0 atom stereocenters. The Kier molecular flexibility index (Phi) is 3.91. The van der Waals surface area contributed by atoms with E-state index >= 15 is 0 Å². The van der Waals surface area contributed by atoms with Crippen molar-refractivity contribution in [2.45, 2.75) is 24.3 Å². The SMILES string of the molecule is O=C1c2cccnc2S(=O)(=O)N1CCCCCS. The van der Waals surface area contributed by atoms with Gasteiger partial charge in [-0.15, -0.1) is 0 Å². The van der Waals surface area contributed by atoms with Crippen molar-refractivity contribution in [3.63, 3.8) is 0 Å². The topological polar surface area (TPSA) is 67.3 Å². The fourth-order valence-electron chi connectivity index (χ4n) is 1.87. The molecule has 0 spiro atoms. The first-order valence-electron chi connectivity index (χ1n) is 5.72. The number of thiol groups is 1. The second-order valence-electron chi connectivity index (χ2n) is 4.02. The molecule has 0 fully saturated rings. The van der Waals surface area contributed by atoms with Gasteiger partial charge in [-0.1, -0.05) is 6.42 Å². The van der Waals surface area contributed by atoms with Gasteiger partial charge in [-0.3, -0.25) is 4.79 Å². The average molecular weight is 286 g/mol. The Labute approximate surface area is 112 Å². The summed E-state index contributed by atoms with van der Waals surface area (Å²) in [5.74, 6) is 0.298. The lowest BCUT2D eigenvalue weighted by Crippen LogP contribution is -2.31. The van der Waals surface area contributed by atoms with Crippen molar-refractivity contribution in [2.75, 3.05) is 12.3 Å². The van der Waals surface area contributed by atoms with E-state index in [9.17, 15) is 13.2 Å². The number of hydrogen-bond acceptors (Lipinski definition) is 5. The Bertz CT molecular complexity index is 557. The molecule has 1 aromatic heterocycles. The van der Waals surface area contributed by atoms with E-state index in [0.717, 1.165) is 22.9 Å². The van der Waals surface area contributed by atoms with Crippen LogP contribution in [-0.2, 0) is 10.0 Å². The molecule has 1 aliphatic rings. The second-order valence-corrected chi connectivity index (χ2v) is 6.25. The fraction of sp³-hybridized carbons (Fsp3) is 0.455. The van der Waals surface area contributed by atoms with Crippen molar-refractivity contribution in [1.82, 2.24) is 9.29 Å². The van der Waals surface area contributed by atoms with Crippen LogP contribution in [0.4, 0.5) is 0 Å². The highest BCUT2D eigenvalue weighted by Gasteiger charge is 2.41. The minimum absolute atomic E-state index is 0.121. The molecule has 7 heteroatoms. The number of fused-ring (bicyclic) bond motifs is 1. The molecule has 0 bridgehead atoms. The first-order valence-corrected chi connectivity index (χ1v) is 7.79. The Morgan fingerprint density at radius 1 is 1.28 bits per heavy atom. The van der Waals surface area contributed by atoms with Crippen LogP contribution < -0.4 is 0 Å². The highest BCUT2D eigenvalue weighted by Crippen LogP contribution is 2.28. The summed E-state index contributed by atoms with van der Waals surface area (Å²) in [7, 11) is -3.73. The van der Waals surface area contributed by atoms with E-state index in [2.05, 4.69) is 17.6 Å². The van der Waals surface area contributed by atoms with Gasteiger partial charge in [0.1, 0.15) is 0 Å². The predicted molar refractivity (Wildman–Crippen MR) is 70.2 cm³/mol. The number of unbranched alkanes of at least 4 members (excludes halogenated alkanes) is 2. The minimum Gasteiger partial charge on any atom is -0.268 e. The van der Waals surface area contributed by atoms with Crippen LogP contribution in [0.1, 0.15) is 29.6 Å². The summed E-state index contributed by atoms with van der Waals surface area (Å²) in [4.78, 5) is 15.8. The molecule has 5 nitrogen and oxygen atoms in total. The van der Waals surface area contributed by atoms with Crippen molar-refractivity contribution >= 4 is 28.6 Å². The zero-order valence-electron chi connectivity index (χ0n) is 9.74. The van der Waals surface area contributed by atoms with Gasteiger partial charge in [-0.25, -0.2) is 9.29 Å². The molecule has 1 amide bonds. The van der Waals surface area contributed by atoms with E-state index < -0.39 is 15.9 Å². The number of rotatable bonds is 5. The standard InChI is InChI=1S/C11H14N2O3S2/c14-11-9-5-4-6-12-10(9)18(15,16)13(11)7-2-1-3-8-17/h4-6,17H,1-3,7-8H2. The van der Waals surface area contributed by atoms with E-state index in [1.165, 1.54) is 12.3 Å². The largest absolute Gasteiger partial charge is 0.285 e. The molecule has 1 aliphatic heterocycles. The molecule has 18 heavy (non-hydrogen) atoms. The van der Waals surface area contributed by atoms with Gasteiger partial charge in [0, 0.05) is 12.7 Å². The fourth-order valence-corrected chi connectivity index (χ4v) is 3.62. The normalized spacial score (nSPS) is 16.9. The first kappa shape index (κ1) is 13.4. The number of pyridine rings is 1. The lowest BCUT2D eigenvalue weighted by atomic mass is 10.2. The molecule has 0 unspecified atom stereocenters. The Morgan fingerprint density at radius 3 is 2.72 bits per heavy atom. The van der Waals surface area contributed by atoms with Crippen LogP contribution in [0, 0.1) is 0 Å². The molecule has 2 heterocycles. The molecule has 0 aliphatic carbocycles. The smallest absolute Gasteiger partial charge is 0.268 e. The minimum atomic E-state index is -3.73. The van der Waals surface area contributed by atoms with E-state index in [1.807, 2.05) is 0 Å². The van der Waals surface area contributed by atoms with Gasteiger partial charge in [-0.05, 0) is 30.7 Å². The number of amides is 1. The van der Waals surface area contributed by atoms with Crippen molar-refractivity contribution in [3.05, 3.63) is 23.9 Å².